The molecule has 0 radical (unpaired) electrons. The van der Waals surface area contributed by atoms with E-state index in [0.717, 1.165) is 4.90 Å². The smallest absolute Gasteiger partial charge is 0.323 e. The van der Waals surface area contributed by atoms with E-state index in [9.17, 15) is 9.59 Å². The van der Waals surface area contributed by atoms with Gasteiger partial charge in [-0.25, -0.2) is 0 Å². The Balaban J connectivity index is 2.04. The van der Waals surface area contributed by atoms with Crippen molar-refractivity contribution in [2.24, 2.45) is 0 Å². The van der Waals surface area contributed by atoms with Crippen molar-refractivity contribution in [1.29, 1.82) is 0 Å². The van der Waals surface area contributed by atoms with E-state index in [1.807, 2.05) is 18.2 Å². The summed E-state index contributed by atoms with van der Waals surface area (Å²) in [4.78, 5) is 24.7. The molecule has 1 aliphatic rings. The van der Waals surface area contributed by atoms with Crippen LogP contribution in [0.25, 0.3) is 0 Å². The summed E-state index contributed by atoms with van der Waals surface area (Å²) >= 11 is 1.54. The van der Waals surface area contributed by atoms with E-state index >= 15 is 0 Å². The summed E-state index contributed by atoms with van der Waals surface area (Å²) < 4.78 is 5.59. The van der Waals surface area contributed by atoms with Crippen LogP contribution < -0.4 is 4.74 Å². The molecule has 5 nitrogen and oxygen atoms in total. The van der Waals surface area contributed by atoms with Gasteiger partial charge in [0.25, 0.3) is 5.91 Å². The molecule has 0 saturated heterocycles. The zero-order valence-corrected chi connectivity index (χ0v) is 10.6. The number of thioether (sulfide) groups is 1. The van der Waals surface area contributed by atoms with Crippen LogP contribution in [-0.4, -0.2) is 47.3 Å². The first-order valence-electron chi connectivity index (χ1n) is 5.43. The van der Waals surface area contributed by atoms with Crippen LogP contribution in [0.4, 0.5) is 0 Å². The molecule has 0 bridgehead atoms. The number of carbonyl (C=O) groups excluding carboxylic acids is 1. The highest BCUT2D eigenvalue weighted by atomic mass is 32.2. The molecule has 1 aromatic rings. The maximum atomic E-state index is 12.0. The molecule has 0 aliphatic carbocycles. The number of carbonyl (C=O) groups is 2. The third-order valence-electron chi connectivity index (χ3n) is 2.53. The number of aliphatic carboxylic acids is 1. The fraction of sp³-hybridized carbons (Fsp3) is 0.333. The number of ether oxygens (including phenoxy) is 1. The van der Waals surface area contributed by atoms with E-state index in [0.29, 0.717) is 11.5 Å². The Bertz CT molecular complexity index is 477. The Morgan fingerprint density at radius 2 is 2.22 bits per heavy atom. The van der Waals surface area contributed by atoms with E-state index in [4.69, 9.17) is 9.84 Å². The zero-order chi connectivity index (χ0) is 13.1. The highest BCUT2D eigenvalue weighted by Gasteiger charge is 2.29. The van der Waals surface area contributed by atoms with Gasteiger partial charge in [0.15, 0.2) is 6.10 Å². The lowest BCUT2D eigenvalue weighted by atomic mass is 10.3. The van der Waals surface area contributed by atoms with Crippen molar-refractivity contribution in [2.45, 2.75) is 11.0 Å². The first-order valence-corrected chi connectivity index (χ1v) is 6.41. The van der Waals surface area contributed by atoms with Gasteiger partial charge in [0.2, 0.25) is 0 Å². The molecule has 1 aromatic carbocycles. The van der Waals surface area contributed by atoms with Gasteiger partial charge in [-0.1, -0.05) is 12.1 Å². The molecular weight excluding hydrogens is 254 g/mol. The quantitative estimate of drug-likeness (QED) is 0.887. The van der Waals surface area contributed by atoms with Crippen molar-refractivity contribution in [3.05, 3.63) is 24.3 Å². The minimum atomic E-state index is -1.03. The lowest BCUT2D eigenvalue weighted by molar-refractivity contribution is -0.146. The number of amides is 1. The molecular formula is C12H13NO4S. The van der Waals surface area contributed by atoms with Gasteiger partial charge in [-0.05, 0) is 12.1 Å². The zero-order valence-electron chi connectivity index (χ0n) is 9.83. The molecule has 1 unspecified atom stereocenters. The molecule has 0 fully saturated rings. The van der Waals surface area contributed by atoms with Gasteiger partial charge < -0.3 is 14.7 Å². The van der Waals surface area contributed by atoms with Crippen molar-refractivity contribution in [3.8, 4) is 5.75 Å². The van der Waals surface area contributed by atoms with Crippen LogP contribution in [0.3, 0.4) is 0 Å². The average Bonchev–Trinajstić information content (AvgIpc) is 2.36. The first kappa shape index (κ1) is 12.8. The van der Waals surface area contributed by atoms with Crippen molar-refractivity contribution < 1.29 is 19.4 Å². The minimum absolute atomic E-state index is 0.306. The molecule has 0 spiro atoms. The third-order valence-corrected chi connectivity index (χ3v) is 3.65. The number of hydrogen-bond donors (Lipinski definition) is 1. The molecule has 96 valence electrons. The first-order chi connectivity index (χ1) is 8.58. The molecule has 1 N–H and O–H groups in total. The molecule has 1 amide bonds. The molecule has 0 aromatic heterocycles. The number of benzene rings is 1. The van der Waals surface area contributed by atoms with Crippen LogP contribution in [0, 0.1) is 0 Å². The predicted molar refractivity (Wildman–Crippen MR) is 66.9 cm³/mol. The van der Waals surface area contributed by atoms with Crippen LogP contribution in [0.15, 0.2) is 29.2 Å². The van der Waals surface area contributed by atoms with Gasteiger partial charge >= 0.3 is 5.97 Å². The number of nitrogens with zero attached hydrogens (tertiary/aromatic N) is 1. The fourth-order valence-electron chi connectivity index (χ4n) is 1.67. The SMILES string of the molecule is CN(CC(=O)O)C(=O)C1CSc2ccccc2O1. The Morgan fingerprint density at radius 3 is 2.94 bits per heavy atom. The second-order valence-electron chi connectivity index (χ2n) is 3.95. The van der Waals surface area contributed by atoms with Gasteiger partial charge in [0, 0.05) is 17.7 Å². The Labute approximate surface area is 109 Å². The van der Waals surface area contributed by atoms with Crippen LogP contribution in [0.5, 0.6) is 5.75 Å². The summed E-state index contributed by atoms with van der Waals surface area (Å²) in [5.41, 5.74) is 0. The number of fused-ring (bicyclic) bond motifs is 1. The van der Waals surface area contributed by atoms with Crippen molar-refractivity contribution in [2.75, 3.05) is 19.3 Å². The normalized spacial score (nSPS) is 17.5. The maximum Gasteiger partial charge on any atom is 0.323 e. The highest BCUT2D eigenvalue weighted by Crippen LogP contribution is 2.35. The number of carboxylic acids is 1. The topological polar surface area (TPSA) is 66.8 Å². The fourth-order valence-corrected chi connectivity index (χ4v) is 2.64. The number of rotatable bonds is 3. The van der Waals surface area contributed by atoms with Crippen LogP contribution in [-0.2, 0) is 9.59 Å². The monoisotopic (exact) mass is 267 g/mol. The molecule has 1 heterocycles. The second kappa shape index (κ2) is 5.30. The van der Waals surface area contributed by atoms with Gasteiger partial charge in [0.05, 0.1) is 0 Å². The van der Waals surface area contributed by atoms with Gasteiger partial charge in [-0.15, -0.1) is 11.8 Å². The highest BCUT2D eigenvalue weighted by molar-refractivity contribution is 7.99. The summed E-state index contributed by atoms with van der Waals surface area (Å²) in [6.07, 6.45) is -0.616. The van der Waals surface area contributed by atoms with Crippen LogP contribution >= 0.6 is 11.8 Å². The summed E-state index contributed by atoms with van der Waals surface area (Å²) in [5, 5.41) is 8.65. The average molecular weight is 267 g/mol. The number of likely N-dealkylation sites (N-methyl/N-ethyl adjacent to an activating group) is 1. The van der Waals surface area contributed by atoms with E-state index in [2.05, 4.69) is 0 Å². The lowest BCUT2D eigenvalue weighted by Crippen LogP contribution is -2.44. The van der Waals surface area contributed by atoms with Gasteiger partial charge in [0.1, 0.15) is 12.3 Å². The van der Waals surface area contributed by atoms with Crippen molar-refractivity contribution >= 4 is 23.6 Å². The Hall–Kier alpha value is -1.69. The summed E-state index contributed by atoms with van der Waals surface area (Å²) in [6, 6.07) is 7.49. The summed E-state index contributed by atoms with van der Waals surface area (Å²) in [7, 11) is 1.46. The van der Waals surface area contributed by atoms with E-state index in [-0.39, 0.29) is 12.5 Å². The maximum absolute atomic E-state index is 12.0. The molecule has 1 atom stereocenters. The number of carboxylic acid groups (broad SMARTS) is 1. The van der Waals surface area contributed by atoms with E-state index < -0.39 is 12.1 Å². The van der Waals surface area contributed by atoms with E-state index in [1.54, 1.807) is 17.8 Å². The van der Waals surface area contributed by atoms with Crippen molar-refractivity contribution in [1.82, 2.24) is 4.90 Å². The van der Waals surface area contributed by atoms with Gasteiger partial charge in [-0.2, -0.15) is 0 Å². The minimum Gasteiger partial charge on any atom is -0.480 e. The lowest BCUT2D eigenvalue weighted by Gasteiger charge is -2.27. The summed E-state index contributed by atoms with van der Waals surface area (Å²) in [6.45, 7) is -0.314. The summed E-state index contributed by atoms with van der Waals surface area (Å²) in [5.74, 6) is -0.162. The van der Waals surface area contributed by atoms with Crippen LogP contribution in [0.1, 0.15) is 0 Å². The standard InChI is InChI=1S/C12H13NO4S/c1-13(6-11(14)15)12(16)9-7-18-10-5-3-2-4-8(10)17-9/h2-5,9H,6-7H2,1H3,(H,14,15). The van der Waals surface area contributed by atoms with Crippen molar-refractivity contribution in [3.63, 3.8) is 0 Å². The third kappa shape index (κ3) is 2.76. The van der Waals surface area contributed by atoms with Crippen LogP contribution in [0.2, 0.25) is 0 Å². The van der Waals surface area contributed by atoms with E-state index in [1.165, 1.54) is 11.9 Å². The molecule has 18 heavy (non-hydrogen) atoms. The largest absolute Gasteiger partial charge is 0.480 e. The molecule has 2 rings (SSSR count). The number of hydrogen-bond acceptors (Lipinski definition) is 4. The Morgan fingerprint density at radius 1 is 1.50 bits per heavy atom. The van der Waals surface area contributed by atoms with Gasteiger partial charge in [-0.3, -0.25) is 9.59 Å². The second-order valence-corrected chi connectivity index (χ2v) is 5.01. The molecule has 6 heteroatoms. The molecule has 1 aliphatic heterocycles. The number of para-hydroxylation sites is 1. The predicted octanol–water partition coefficient (Wildman–Crippen LogP) is 1.08. The molecule has 0 saturated carbocycles. The Kier molecular flexibility index (Phi) is 3.76.